The number of pyridine rings is 1. The molecule has 0 fully saturated rings. The molecule has 0 spiro atoms. The van der Waals surface area contributed by atoms with E-state index in [1.807, 2.05) is 41.9 Å². The third-order valence-electron chi connectivity index (χ3n) is 6.67. The Morgan fingerprint density at radius 3 is 2.32 bits per heavy atom. The van der Waals surface area contributed by atoms with Gasteiger partial charge >= 0.3 is 0 Å². The van der Waals surface area contributed by atoms with E-state index >= 15 is 0 Å². The average molecular weight is 468 g/mol. The van der Waals surface area contributed by atoms with Gasteiger partial charge in [0.1, 0.15) is 0 Å². The summed E-state index contributed by atoms with van der Waals surface area (Å²) >= 11 is 6.15. The third-order valence-corrected chi connectivity index (χ3v) is 6.92. The summed E-state index contributed by atoms with van der Waals surface area (Å²) in [5.74, 6) is 0. The van der Waals surface area contributed by atoms with E-state index < -0.39 is 5.60 Å². The molecule has 4 nitrogen and oxygen atoms in total. The molecule has 170 valence electrons. The van der Waals surface area contributed by atoms with Crippen molar-refractivity contribution in [3.8, 4) is 0 Å². The van der Waals surface area contributed by atoms with Crippen LogP contribution in [-0.2, 0) is 19.1 Å². The van der Waals surface area contributed by atoms with Gasteiger partial charge in [0.25, 0.3) is 0 Å². The van der Waals surface area contributed by atoms with Crippen molar-refractivity contribution in [3.05, 3.63) is 130 Å². The van der Waals surface area contributed by atoms with E-state index in [4.69, 9.17) is 16.6 Å². The van der Waals surface area contributed by atoms with E-state index in [-0.39, 0.29) is 0 Å². The zero-order valence-electron chi connectivity index (χ0n) is 19.5. The zero-order chi connectivity index (χ0) is 23.9. The number of halogens is 1. The topological polar surface area (TPSA) is 50.9 Å². The lowest BCUT2D eigenvalue weighted by Crippen LogP contribution is -2.31. The Morgan fingerprint density at radius 1 is 0.941 bits per heavy atom. The minimum absolute atomic E-state index is 0.621. The van der Waals surface area contributed by atoms with Crippen LogP contribution in [0, 0.1) is 13.8 Å². The van der Waals surface area contributed by atoms with Crippen molar-refractivity contribution in [2.24, 2.45) is 7.05 Å². The number of imidazole rings is 1. The molecule has 5 rings (SSSR count). The highest BCUT2D eigenvalue weighted by Crippen LogP contribution is 2.38. The number of aromatic nitrogens is 3. The summed E-state index contributed by atoms with van der Waals surface area (Å²) in [7, 11) is 1.89. The molecule has 0 saturated carbocycles. The second kappa shape index (κ2) is 8.71. The number of hydrogen-bond acceptors (Lipinski definition) is 3. The quantitative estimate of drug-likeness (QED) is 0.339. The first-order chi connectivity index (χ1) is 16.4. The molecule has 0 bridgehead atoms. The lowest BCUT2D eigenvalue weighted by Gasteiger charge is -2.30. The maximum atomic E-state index is 12.3. The fourth-order valence-corrected chi connectivity index (χ4v) is 4.89. The van der Waals surface area contributed by atoms with Crippen molar-refractivity contribution in [1.29, 1.82) is 0 Å². The minimum atomic E-state index is -1.40. The Kier molecular flexibility index (Phi) is 5.72. The van der Waals surface area contributed by atoms with E-state index in [9.17, 15) is 5.11 Å². The van der Waals surface area contributed by atoms with Crippen molar-refractivity contribution in [3.63, 3.8) is 0 Å². The van der Waals surface area contributed by atoms with Gasteiger partial charge in [-0.1, -0.05) is 60.1 Å². The van der Waals surface area contributed by atoms with Crippen molar-refractivity contribution >= 4 is 22.5 Å². The molecule has 2 aromatic heterocycles. The summed E-state index contributed by atoms with van der Waals surface area (Å²) in [6.45, 7) is 4.21. The Bertz CT molecular complexity index is 1480. The predicted molar refractivity (Wildman–Crippen MR) is 137 cm³/mol. The third kappa shape index (κ3) is 3.79. The van der Waals surface area contributed by atoms with Crippen LogP contribution in [0.2, 0.25) is 5.02 Å². The highest BCUT2D eigenvalue weighted by Gasteiger charge is 2.36. The Labute approximate surface area is 204 Å². The molecule has 0 saturated heterocycles. The molecule has 1 unspecified atom stereocenters. The molecule has 3 aromatic carbocycles. The first-order valence-corrected chi connectivity index (χ1v) is 11.6. The largest absolute Gasteiger partial charge is 0.374 e. The van der Waals surface area contributed by atoms with Crippen molar-refractivity contribution in [2.45, 2.75) is 25.9 Å². The van der Waals surface area contributed by atoms with E-state index in [2.05, 4.69) is 49.2 Å². The van der Waals surface area contributed by atoms with E-state index in [1.165, 1.54) is 16.7 Å². The van der Waals surface area contributed by atoms with Gasteiger partial charge in [-0.2, -0.15) is 0 Å². The first kappa shape index (κ1) is 22.3. The molecule has 1 atom stereocenters. The van der Waals surface area contributed by atoms with Crippen molar-refractivity contribution < 1.29 is 5.11 Å². The number of benzene rings is 3. The monoisotopic (exact) mass is 467 g/mol. The van der Waals surface area contributed by atoms with Gasteiger partial charge in [-0.25, -0.2) is 4.98 Å². The van der Waals surface area contributed by atoms with Crippen LogP contribution in [0.5, 0.6) is 0 Å². The summed E-state index contributed by atoms with van der Waals surface area (Å²) in [6.07, 6.45) is 4.22. The summed E-state index contributed by atoms with van der Waals surface area (Å²) in [6, 6.07) is 23.8. The van der Waals surface area contributed by atoms with Gasteiger partial charge in [-0.3, -0.25) is 4.98 Å². The average Bonchev–Trinajstić information content (AvgIpc) is 3.28. The number of hydrogen-bond donors (Lipinski definition) is 1. The van der Waals surface area contributed by atoms with Crippen LogP contribution in [0.3, 0.4) is 0 Å². The van der Waals surface area contributed by atoms with Crippen LogP contribution in [0.25, 0.3) is 10.9 Å². The summed E-state index contributed by atoms with van der Waals surface area (Å²) in [4.78, 5) is 9.18. The molecule has 34 heavy (non-hydrogen) atoms. The first-order valence-electron chi connectivity index (χ1n) is 11.3. The number of fused-ring (bicyclic) bond motifs is 1. The van der Waals surface area contributed by atoms with Gasteiger partial charge in [-0.05, 0) is 72.4 Å². The lowest BCUT2D eigenvalue weighted by atomic mass is 9.82. The Morgan fingerprint density at radius 2 is 1.65 bits per heavy atom. The van der Waals surface area contributed by atoms with Crippen molar-refractivity contribution in [2.75, 3.05) is 0 Å². The number of aryl methyl sites for hydroxylation is 3. The summed E-state index contributed by atoms with van der Waals surface area (Å²) in [5.41, 5.74) is 6.34. The second-order valence-electron chi connectivity index (χ2n) is 8.80. The van der Waals surface area contributed by atoms with Crippen molar-refractivity contribution in [1.82, 2.24) is 14.5 Å². The lowest BCUT2D eigenvalue weighted by molar-refractivity contribution is 0.117. The highest BCUT2D eigenvalue weighted by atomic mass is 35.5. The van der Waals surface area contributed by atoms with Gasteiger partial charge in [0.05, 0.1) is 23.7 Å². The van der Waals surface area contributed by atoms with E-state index in [1.54, 1.807) is 24.7 Å². The number of nitrogens with zero attached hydrogens (tertiary/aromatic N) is 3. The van der Waals surface area contributed by atoms with Gasteiger partial charge in [0, 0.05) is 23.2 Å². The number of aliphatic hydroxyl groups is 1. The van der Waals surface area contributed by atoms with Gasteiger partial charge in [0.2, 0.25) is 0 Å². The molecule has 1 N–H and O–H groups in total. The van der Waals surface area contributed by atoms with E-state index in [0.717, 1.165) is 34.1 Å². The smallest absolute Gasteiger partial charge is 0.156 e. The Hall–Kier alpha value is -3.47. The SMILES string of the molecule is Cc1nc2ccc(C(O)(c3ccc(Cl)cc3)c3cncn3C)cc2c(C)c1Cc1ccccc1. The highest BCUT2D eigenvalue weighted by molar-refractivity contribution is 6.30. The standard InChI is InChI=1S/C29H26ClN3O/c1-19-25(15-21-7-5-4-6-8-21)20(2)32-27-14-11-23(16-26(19)27)29(34,28-17-31-18-33(28)3)22-9-12-24(30)13-10-22/h4-14,16-18,34H,15H2,1-3H3. The van der Waals surface area contributed by atoms with Crippen LogP contribution in [0.15, 0.2) is 85.3 Å². The molecule has 0 aliphatic heterocycles. The summed E-state index contributed by atoms with van der Waals surface area (Å²) < 4.78 is 1.85. The van der Waals surface area contributed by atoms with Crippen LogP contribution >= 0.6 is 11.6 Å². The minimum Gasteiger partial charge on any atom is -0.374 e. The normalized spacial score (nSPS) is 13.2. The van der Waals surface area contributed by atoms with Gasteiger partial charge < -0.3 is 9.67 Å². The van der Waals surface area contributed by atoms with Crippen LogP contribution in [-0.4, -0.2) is 19.6 Å². The summed E-state index contributed by atoms with van der Waals surface area (Å²) in [5, 5.41) is 13.9. The molecule has 0 radical (unpaired) electrons. The van der Waals surface area contributed by atoms with Crippen LogP contribution in [0.4, 0.5) is 0 Å². The molecule has 0 aliphatic rings. The predicted octanol–water partition coefficient (Wildman–Crippen LogP) is 6.11. The molecule has 2 heterocycles. The maximum absolute atomic E-state index is 12.3. The fraction of sp³-hybridized carbons (Fsp3) is 0.172. The van der Waals surface area contributed by atoms with E-state index in [0.29, 0.717) is 10.7 Å². The molecular weight excluding hydrogens is 442 g/mol. The van der Waals surface area contributed by atoms with Crippen LogP contribution < -0.4 is 0 Å². The molecule has 5 heteroatoms. The maximum Gasteiger partial charge on any atom is 0.156 e. The second-order valence-corrected chi connectivity index (χ2v) is 9.24. The Balaban J connectivity index is 1.71. The van der Waals surface area contributed by atoms with Crippen LogP contribution in [0.1, 0.15) is 39.2 Å². The fourth-order valence-electron chi connectivity index (χ4n) is 4.76. The zero-order valence-corrected chi connectivity index (χ0v) is 20.2. The molecular formula is C29H26ClN3O. The molecule has 5 aromatic rings. The molecule has 0 amide bonds. The van der Waals surface area contributed by atoms with Gasteiger partial charge in [-0.15, -0.1) is 0 Å². The van der Waals surface area contributed by atoms with Gasteiger partial charge in [0.15, 0.2) is 5.60 Å². The number of rotatable bonds is 5. The molecule has 0 aliphatic carbocycles.